The van der Waals surface area contributed by atoms with Crippen molar-refractivity contribution in [3.8, 4) is 0 Å². The van der Waals surface area contributed by atoms with Gasteiger partial charge in [-0.2, -0.15) is 0 Å². The second-order valence-corrected chi connectivity index (χ2v) is 6.20. The summed E-state index contributed by atoms with van der Waals surface area (Å²) in [7, 11) is 0. The second kappa shape index (κ2) is 8.75. The molecule has 2 amide bonds. The van der Waals surface area contributed by atoms with Crippen LogP contribution < -0.4 is 5.32 Å². The summed E-state index contributed by atoms with van der Waals surface area (Å²) in [4.78, 5) is 27.0. The van der Waals surface area contributed by atoms with E-state index < -0.39 is 23.4 Å². The first kappa shape index (κ1) is 19.7. The highest BCUT2D eigenvalue weighted by Gasteiger charge is 2.38. The minimum absolute atomic E-state index is 0.0830. The van der Waals surface area contributed by atoms with Crippen LogP contribution in [0.15, 0.2) is 54.2 Å². The van der Waals surface area contributed by atoms with Crippen molar-refractivity contribution < 1.29 is 23.1 Å². The first-order chi connectivity index (χ1) is 13.5. The van der Waals surface area contributed by atoms with E-state index in [0.717, 1.165) is 4.90 Å². The van der Waals surface area contributed by atoms with Crippen molar-refractivity contribution in [1.29, 1.82) is 0 Å². The van der Waals surface area contributed by atoms with Crippen LogP contribution in [0.3, 0.4) is 0 Å². The highest BCUT2D eigenvalue weighted by Crippen LogP contribution is 2.30. The van der Waals surface area contributed by atoms with Crippen molar-refractivity contribution in [2.45, 2.75) is 13.3 Å². The molecule has 2 aromatic carbocycles. The number of halogens is 2. The van der Waals surface area contributed by atoms with E-state index in [1.54, 1.807) is 0 Å². The Morgan fingerprint density at radius 2 is 1.54 bits per heavy atom. The van der Waals surface area contributed by atoms with Gasteiger partial charge in [0.1, 0.15) is 17.3 Å². The van der Waals surface area contributed by atoms with Crippen LogP contribution in [0.1, 0.15) is 18.9 Å². The summed E-state index contributed by atoms with van der Waals surface area (Å²) < 4.78 is 31.7. The van der Waals surface area contributed by atoms with Crippen LogP contribution in [0.5, 0.6) is 0 Å². The molecule has 0 spiro atoms. The van der Waals surface area contributed by atoms with E-state index in [0.29, 0.717) is 30.9 Å². The molecule has 0 unspecified atom stereocenters. The SMILES string of the molecule is CCOCCCN1C(=O)C(Nc2ccc(F)cc2)=C(c2ccc(F)cc2)C1=O. The van der Waals surface area contributed by atoms with Crippen LogP contribution in [0.2, 0.25) is 0 Å². The largest absolute Gasteiger partial charge is 0.382 e. The lowest BCUT2D eigenvalue weighted by molar-refractivity contribution is -0.137. The molecule has 5 nitrogen and oxygen atoms in total. The van der Waals surface area contributed by atoms with Crippen molar-refractivity contribution in [3.05, 3.63) is 71.4 Å². The highest BCUT2D eigenvalue weighted by molar-refractivity contribution is 6.36. The van der Waals surface area contributed by atoms with E-state index in [2.05, 4.69) is 5.32 Å². The average molecular weight is 386 g/mol. The van der Waals surface area contributed by atoms with Crippen LogP contribution in [0.4, 0.5) is 14.5 Å². The van der Waals surface area contributed by atoms with Crippen molar-refractivity contribution in [1.82, 2.24) is 4.90 Å². The average Bonchev–Trinajstić information content (AvgIpc) is 2.92. The molecule has 0 atom stereocenters. The fourth-order valence-corrected chi connectivity index (χ4v) is 2.93. The molecular weight excluding hydrogens is 366 g/mol. The summed E-state index contributed by atoms with van der Waals surface area (Å²) in [6, 6.07) is 10.8. The number of hydrogen-bond acceptors (Lipinski definition) is 4. The van der Waals surface area contributed by atoms with Gasteiger partial charge in [-0.3, -0.25) is 14.5 Å². The smallest absolute Gasteiger partial charge is 0.278 e. The van der Waals surface area contributed by atoms with Gasteiger partial charge in [-0.05, 0) is 55.3 Å². The molecule has 3 rings (SSSR count). The van der Waals surface area contributed by atoms with Crippen LogP contribution >= 0.6 is 0 Å². The molecule has 2 aromatic rings. The van der Waals surface area contributed by atoms with E-state index >= 15 is 0 Å². The second-order valence-electron chi connectivity index (χ2n) is 6.20. The number of anilines is 1. The third-order valence-corrected chi connectivity index (χ3v) is 4.29. The quantitative estimate of drug-likeness (QED) is 0.557. The molecule has 0 radical (unpaired) electrons. The standard InChI is InChI=1S/C21H20F2N2O3/c1-2-28-13-3-12-25-20(26)18(14-4-6-15(22)7-5-14)19(21(25)27)24-17-10-8-16(23)9-11-17/h4-11,24H,2-3,12-13H2,1H3. The minimum atomic E-state index is -0.481. The van der Waals surface area contributed by atoms with Crippen molar-refractivity contribution in [2.24, 2.45) is 0 Å². The van der Waals surface area contributed by atoms with E-state index in [1.807, 2.05) is 6.92 Å². The Hall–Kier alpha value is -3.06. The predicted octanol–water partition coefficient (Wildman–Crippen LogP) is 3.58. The summed E-state index contributed by atoms with van der Waals surface area (Å²) in [6.07, 6.45) is 0.506. The molecule has 0 fully saturated rings. The monoisotopic (exact) mass is 386 g/mol. The number of ether oxygens (including phenoxy) is 1. The van der Waals surface area contributed by atoms with Gasteiger partial charge in [0.05, 0.1) is 5.57 Å². The topological polar surface area (TPSA) is 58.6 Å². The number of hydrogen-bond donors (Lipinski definition) is 1. The summed E-state index contributed by atoms with van der Waals surface area (Å²) in [5.41, 5.74) is 1.13. The summed E-state index contributed by atoms with van der Waals surface area (Å²) in [5, 5.41) is 2.92. The zero-order chi connectivity index (χ0) is 20.1. The number of carbonyl (C=O) groups is 2. The van der Waals surface area contributed by atoms with Crippen molar-refractivity contribution >= 4 is 23.1 Å². The predicted molar refractivity (Wildman–Crippen MR) is 101 cm³/mol. The van der Waals surface area contributed by atoms with Gasteiger partial charge < -0.3 is 10.1 Å². The number of rotatable bonds is 8. The fourth-order valence-electron chi connectivity index (χ4n) is 2.93. The maximum atomic E-state index is 13.3. The van der Waals surface area contributed by atoms with Crippen molar-refractivity contribution in [2.75, 3.05) is 25.1 Å². The highest BCUT2D eigenvalue weighted by atomic mass is 19.1. The zero-order valence-corrected chi connectivity index (χ0v) is 15.4. The van der Waals surface area contributed by atoms with Gasteiger partial charge in [-0.25, -0.2) is 8.78 Å². The molecule has 0 aromatic heterocycles. The zero-order valence-electron chi connectivity index (χ0n) is 15.4. The van der Waals surface area contributed by atoms with Crippen LogP contribution in [0.25, 0.3) is 5.57 Å². The Morgan fingerprint density at radius 1 is 0.929 bits per heavy atom. The maximum Gasteiger partial charge on any atom is 0.278 e. The number of benzene rings is 2. The van der Waals surface area contributed by atoms with Crippen LogP contribution in [0, 0.1) is 11.6 Å². The molecule has 1 N–H and O–H groups in total. The minimum Gasteiger partial charge on any atom is -0.382 e. The lowest BCUT2D eigenvalue weighted by atomic mass is 10.0. The van der Waals surface area contributed by atoms with E-state index in [1.165, 1.54) is 48.5 Å². The molecule has 1 aliphatic rings. The molecule has 28 heavy (non-hydrogen) atoms. The molecule has 0 saturated heterocycles. The molecule has 1 heterocycles. The lowest BCUT2D eigenvalue weighted by Gasteiger charge is -2.15. The summed E-state index contributed by atoms with van der Waals surface area (Å²) >= 11 is 0. The number of imide groups is 1. The lowest BCUT2D eigenvalue weighted by Crippen LogP contribution is -2.34. The first-order valence-electron chi connectivity index (χ1n) is 8.98. The van der Waals surface area contributed by atoms with E-state index in [-0.39, 0.29) is 17.8 Å². The molecule has 7 heteroatoms. The Bertz CT molecular complexity index is 893. The summed E-state index contributed by atoms with van der Waals surface area (Å²) in [6.45, 7) is 3.06. The maximum absolute atomic E-state index is 13.3. The van der Waals surface area contributed by atoms with Gasteiger partial charge in [0, 0.05) is 25.4 Å². The number of nitrogens with zero attached hydrogens (tertiary/aromatic N) is 1. The molecule has 0 saturated carbocycles. The third kappa shape index (κ3) is 4.26. The number of nitrogens with one attached hydrogen (secondary N) is 1. The summed E-state index contributed by atoms with van der Waals surface area (Å²) in [5.74, 6) is -1.80. The van der Waals surface area contributed by atoms with Gasteiger partial charge in [0.2, 0.25) is 0 Å². The fraction of sp³-hybridized carbons (Fsp3) is 0.238. The van der Waals surface area contributed by atoms with Crippen molar-refractivity contribution in [3.63, 3.8) is 0 Å². The molecule has 0 bridgehead atoms. The molecule has 1 aliphatic heterocycles. The van der Waals surface area contributed by atoms with Crippen LogP contribution in [-0.2, 0) is 14.3 Å². The molecule has 0 aliphatic carbocycles. The Labute approximate surface area is 161 Å². The Morgan fingerprint density at radius 3 is 2.14 bits per heavy atom. The van der Waals surface area contributed by atoms with Gasteiger partial charge >= 0.3 is 0 Å². The molecular formula is C21H20F2N2O3. The number of carbonyl (C=O) groups excluding carboxylic acids is 2. The van der Waals surface area contributed by atoms with Gasteiger partial charge in [-0.1, -0.05) is 12.1 Å². The first-order valence-corrected chi connectivity index (χ1v) is 8.98. The third-order valence-electron chi connectivity index (χ3n) is 4.29. The van der Waals surface area contributed by atoms with E-state index in [4.69, 9.17) is 4.74 Å². The van der Waals surface area contributed by atoms with Gasteiger partial charge in [0.15, 0.2) is 0 Å². The Kier molecular flexibility index (Phi) is 6.16. The Balaban J connectivity index is 1.92. The molecule has 146 valence electrons. The van der Waals surface area contributed by atoms with Gasteiger partial charge in [-0.15, -0.1) is 0 Å². The van der Waals surface area contributed by atoms with Crippen LogP contribution in [-0.4, -0.2) is 36.5 Å². The van der Waals surface area contributed by atoms with E-state index in [9.17, 15) is 18.4 Å². The number of amides is 2. The normalized spacial score (nSPS) is 14.2. The van der Waals surface area contributed by atoms with Gasteiger partial charge in [0.25, 0.3) is 11.8 Å².